The van der Waals surface area contributed by atoms with Gasteiger partial charge in [0, 0.05) is 24.2 Å². The normalized spacial score (nSPS) is 19.3. The number of nitrogens with one attached hydrogen (secondary N) is 2. The Morgan fingerprint density at radius 2 is 1.88 bits per heavy atom. The van der Waals surface area contributed by atoms with Crippen LogP contribution in [0.5, 0.6) is 0 Å². The number of para-hydroxylation sites is 2. The Bertz CT molecular complexity index is 1080. The van der Waals surface area contributed by atoms with Crippen LogP contribution < -0.4 is 15.5 Å². The van der Waals surface area contributed by atoms with Gasteiger partial charge < -0.3 is 15.5 Å². The smallest absolute Gasteiger partial charge is 0.239 e. The van der Waals surface area contributed by atoms with Crippen LogP contribution in [0, 0.1) is 11.2 Å². The van der Waals surface area contributed by atoms with Crippen LogP contribution in [0.3, 0.4) is 0 Å². The predicted molar refractivity (Wildman–Crippen MR) is 130 cm³/mol. The zero-order valence-corrected chi connectivity index (χ0v) is 19.6. The molecule has 0 saturated carbocycles. The summed E-state index contributed by atoms with van der Waals surface area (Å²) in [5.74, 6) is -0.204. The molecule has 2 aromatic carbocycles. The molecule has 0 spiro atoms. The van der Waals surface area contributed by atoms with Crippen LogP contribution in [-0.2, 0) is 16.0 Å². The van der Waals surface area contributed by atoms with E-state index in [1.807, 2.05) is 24.3 Å². The van der Waals surface area contributed by atoms with Crippen molar-refractivity contribution >= 4 is 23.1 Å². The summed E-state index contributed by atoms with van der Waals surface area (Å²) in [5, 5.41) is 6.53. The van der Waals surface area contributed by atoms with Gasteiger partial charge in [-0.3, -0.25) is 9.59 Å². The van der Waals surface area contributed by atoms with Crippen molar-refractivity contribution in [3.05, 3.63) is 71.2 Å². The number of amides is 1. The highest BCUT2D eigenvalue weighted by molar-refractivity contribution is 6.01. The second-order valence-corrected chi connectivity index (χ2v) is 9.75. The van der Waals surface area contributed by atoms with E-state index >= 15 is 0 Å². The molecule has 1 heterocycles. The second-order valence-electron chi connectivity index (χ2n) is 9.75. The Balaban J connectivity index is 1.55. The summed E-state index contributed by atoms with van der Waals surface area (Å²) in [5.41, 5.74) is 4.52. The molecule has 0 bridgehead atoms. The van der Waals surface area contributed by atoms with Gasteiger partial charge in [0.1, 0.15) is 5.82 Å². The molecule has 2 N–H and O–H groups in total. The zero-order valence-electron chi connectivity index (χ0n) is 19.6. The summed E-state index contributed by atoms with van der Waals surface area (Å²) in [6.07, 6.45) is 2.67. The first-order valence-electron chi connectivity index (χ1n) is 11.7. The minimum absolute atomic E-state index is 0.0942. The number of ketones is 1. The molecular weight excluding hydrogens is 417 g/mol. The Kier molecular flexibility index (Phi) is 6.54. The van der Waals surface area contributed by atoms with Crippen LogP contribution in [0.1, 0.15) is 45.6 Å². The molecule has 174 valence electrons. The summed E-state index contributed by atoms with van der Waals surface area (Å²) < 4.78 is 13.1. The van der Waals surface area contributed by atoms with E-state index in [0.717, 1.165) is 41.1 Å². The molecular formula is C27H32FN3O2. The summed E-state index contributed by atoms with van der Waals surface area (Å²) >= 11 is 0. The molecule has 0 saturated heterocycles. The molecule has 5 nitrogen and oxygen atoms in total. The number of allylic oxidation sites excluding steroid dienone is 1. The molecule has 1 aliphatic heterocycles. The number of rotatable bonds is 6. The van der Waals surface area contributed by atoms with Gasteiger partial charge in [0.05, 0.1) is 24.0 Å². The Morgan fingerprint density at radius 3 is 2.61 bits per heavy atom. The summed E-state index contributed by atoms with van der Waals surface area (Å²) in [6, 6.07) is 14.1. The number of fused-ring (bicyclic) bond motifs is 1. The minimum Gasteiger partial charge on any atom is -0.357 e. The number of Topliss-reactive ketones (excluding diaryl/α,β-unsaturated/α-hetero) is 1. The molecule has 1 amide bonds. The minimum atomic E-state index is -0.267. The molecule has 6 heteroatoms. The maximum absolute atomic E-state index is 13.2. The van der Waals surface area contributed by atoms with E-state index in [-0.39, 0.29) is 35.5 Å². The Labute approximate surface area is 195 Å². The molecule has 1 atom stereocenters. The van der Waals surface area contributed by atoms with E-state index in [4.69, 9.17) is 0 Å². The van der Waals surface area contributed by atoms with Gasteiger partial charge in [0.2, 0.25) is 5.91 Å². The van der Waals surface area contributed by atoms with Crippen molar-refractivity contribution in [2.24, 2.45) is 5.41 Å². The first-order chi connectivity index (χ1) is 15.8. The topological polar surface area (TPSA) is 61.4 Å². The van der Waals surface area contributed by atoms with Crippen molar-refractivity contribution < 1.29 is 14.0 Å². The van der Waals surface area contributed by atoms with Crippen molar-refractivity contribution in [3.8, 4) is 0 Å². The molecule has 0 radical (unpaired) electrons. The number of benzene rings is 2. The summed E-state index contributed by atoms with van der Waals surface area (Å²) in [4.78, 5) is 28.3. The molecule has 2 aliphatic rings. The highest BCUT2D eigenvalue weighted by Crippen LogP contribution is 2.44. The number of nitrogens with zero attached hydrogens (tertiary/aromatic N) is 1. The number of halogens is 1. The number of hydrogen-bond donors (Lipinski definition) is 2. The first kappa shape index (κ1) is 23.0. The van der Waals surface area contributed by atoms with Crippen LogP contribution >= 0.6 is 0 Å². The lowest BCUT2D eigenvalue weighted by molar-refractivity contribution is -0.120. The largest absolute Gasteiger partial charge is 0.357 e. The van der Waals surface area contributed by atoms with E-state index in [2.05, 4.69) is 36.3 Å². The van der Waals surface area contributed by atoms with Gasteiger partial charge in [-0.2, -0.15) is 0 Å². The van der Waals surface area contributed by atoms with Crippen molar-refractivity contribution in [2.45, 2.75) is 52.5 Å². The molecule has 2 aromatic rings. The van der Waals surface area contributed by atoms with Crippen LogP contribution in [-0.4, -0.2) is 30.8 Å². The molecule has 0 fully saturated rings. The van der Waals surface area contributed by atoms with Gasteiger partial charge in [-0.05, 0) is 54.5 Å². The highest BCUT2D eigenvalue weighted by atomic mass is 19.1. The lowest BCUT2D eigenvalue weighted by Gasteiger charge is -2.37. The van der Waals surface area contributed by atoms with Gasteiger partial charge in [0.25, 0.3) is 0 Å². The maximum Gasteiger partial charge on any atom is 0.239 e. The average Bonchev–Trinajstić information content (AvgIpc) is 2.88. The molecule has 1 aliphatic carbocycles. The van der Waals surface area contributed by atoms with E-state index in [9.17, 15) is 14.0 Å². The third kappa shape index (κ3) is 5.10. The van der Waals surface area contributed by atoms with Crippen molar-refractivity contribution in [2.75, 3.05) is 23.3 Å². The van der Waals surface area contributed by atoms with Crippen LogP contribution in [0.4, 0.5) is 15.8 Å². The Morgan fingerprint density at radius 1 is 1.15 bits per heavy atom. The number of hydrogen-bond acceptors (Lipinski definition) is 4. The Hall–Kier alpha value is -3.15. The number of carbonyl (C=O) groups is 2. The van der Waals surface area contributed by atoms with Gasteiger partial charge in [-0.15, -0.1) is 0 Å². The van der Waals surface area contributed by atoms with Crippen molar-refractivity contribution in [1.82, 2.24) is 5.32 Å². The molecule has 0 aromatic heterocycles. The highest BCUT2D eigenvalue weighted by Gasteiger charge is 2.40. The quantitative estimate of drug-likeness (QED) is 0.663. The fourth-order valence-electron chi connectivity index (χ4n) is 4.98. The fraction of sp³-hybridized carbons (Fsp3) is 0.407. The van der Waals surface area contributed by atoms with Crippen molar-refractivity contribution in [3.63, 3.8) is 0 Å². The number of anilines is 2. The van der Waals surface area contributed by atoms with Gasteiger partial charge in [0.15, 0.2) is 5.78 Å². The van der Waals surface area contributed by atoms with Gasteiger partial charge >= 0.3 is 0 Å². The third-order valence-electron chi connectivity index (χ3n) is 6.48. The number of carbonyl (C=O) groups excluding carboxylic acids is 2. The van der Waals surface area contributed by atoms with E-state index < -0.39 is 0 Å². The molecule has 33 heavy (non-hydrogen) atoms. The lowest BCUT2D eigenvalue weighted by Crippen LogP contribution is -2.46. The van der Waals surface area contributed by atoms with Crippen LogP contribution in [0.25, 0.3) is 0 Å². The average molecular weight is 450 g/mol. The maximum atomic E-state index is 13.2. The van der Waals surface area contributed by atoms with Crippen molar-refractivity contribution in [1.29, 1.82) is 0 Å². The molecule has 4 rings (SSSR count). The van der Waals surface area contributed by atoms with E-state index in [1.54, 1.807) is 12.1 Å². The monoisotopic (exact) mass is 449 g/mol. The van der Waals surface area contributed by atoms with Crippen LogP contribution in [0.15, 0.2) is 59.8 Å². The van der Waals surface area contributed by atoms with Crippen LogP contribution in [0.2, 0.25) is 0 Å². The molecule has 1 unspecified atom stereocenters. The van der Waals surface area contributed by atoms with E-state index in [0.29, 0.717) is 19.4 Å². The fourth-order valence-corrected chi connectivity index (χ4v) is 4.98. The second kappa shape index (κ2) is 9.38. The SMILES string of the molecule is CCC1C2=C(CC(C)(C)CC2=O)Nc2ccccc2N1CC(=O)NCCc1ccc(F)cc1. The first-order valence-corrected chi connectivity index (χ1v) is 11.7. The standard InChI is InChI=1S/C27H32FN3O2/c1-4-22-26-21(15-27(2,3)16-24(26)32)30-20-7-5-6-8-23(20)31(22)17-25(33)29-14-13-18-9-11-19(28)12-10-18/h5-12,22,30H,4,13-17H2,1-3H3,(H,29,33). The lowest BCUT2D eigenvalue weighted by atomic mass is 9.74. The summed E-state index contributed by atoms with van der Waals surface area (Å²) in [6.45, 7) is 6.95. The van der Waals surface area contributed by atoms with Gasteiger partial charge in [-0.1, -0.05) is 45.0 Å². The zero-order chi connectivity index (χ0) is 23.6. The summed E-state index contributed by atoms with van der Waals surface area (Å²) in [7, 11) is 0. The third-order valence-corrected chi connectivity index (χ3v) is 6.48. The predicted octanol–water partition coefficient (Wildman–Crippen LogP) is 4.84. The van der Waals surface area contributed by atoms with E-state index in [1.165, 1.54) is 12.1 Å². The van der Waals surface area contributed by atoms with Gasteiger partial charge in [-0.25, -0.2) is 4.39 Å².